The first kappa shape index (κ1) is 11.5. The first-order valence-electron chi connectivity index (χ1n) is 7.04. The molecular formula is C16H20N2. The molecule has 3 rings (SSSR count). The second-order valence-electron chi connectivity index (χ2n) is 5.17. The van der Waals surface area contributed by atoms with Crippen LogP contribution >= 0.6 is 0 Å². The standard InChI is InChI=1S/C16H20N2/c1-2-7-11-15(10-6-1)18-16(12-13-17-18)14-8-4-3-5-9-14/h3-5,8-9,12-13,15H,1-2,6-7,10-11H2. The van der Waals surface area contributed by atoms with Crippen LogP contribution in [0.2, 0.25) is 0 Å². The minimum absolute atomic E-state index is 0.595. The topological polar surface area (TPSA) is 17.8 Å². The molecule has 1 fully saturated rings. The number of aromatic nitrogens is 2. The van der Waals surface area contributed by atoms with Gasteiger partial charge in [-0.25, -0.2) is 0 Å². The van der Waals surface area contributed by atoms with Gasteiger partial charge in [-0.3, -0.25) is 4.68 Å². The Bertz CT molecular complexity index is 479. The summed E-state index contributed by atoms with van der Waals surface area (Å²) >= 11 is 0. The van der Waals surface area contributed by atoms with Crippen LogP contribution in [0.5, 0.6) is 0 Å². The molecule has 2 heteroatoms. The third-order valence-corrected chi connectivity index (χ3v) is 3.91. The first-order valence-corrected chi connectivity index (χ1v) is 7.04. The summed E-state index contributed by atoms with van der Waals surface area (Å²) in [4.78, 5) is 0. The van der Waals surface area contributed by atoms with Crippen molar-refractivity contribution in [3.05, 3.63) is 42.6 Å². The highest BCUT2D eigenvalue weighted by Gasteiger charge is 2.17. The maximum Gasteiger partial charge on any atom is 0.0685 e. The van der Waals surface area contributed by atoms with E-state index in [1.807, 2.05) is 6.20 Å². The lowest BCUT2D eigenvalue weighted by Crippen LogP contribution is -2.11. The van der Waals surface area contributed by atoms with Gasteiger partial charge in [-0.15, -0.1) is 0 Å². The van der Waals surface area contributed by atoms with Crippen LogP contribution in [0.1, 0.15) is 44.6 Å². The van der Waals surface area contributed by atoms with Crippen LogP contribution in [0.15, 0.2) is 42.6 Å². The fourth-order valence-electron chi connectivity index (χ4n) is 2.95. The van der Waals surface area contributed by atoms with Gasteiger partial charge in [-0.05, 0) is 24.5 Å². The van der Waals surface area contributed by atoms with Gasteiger partial charge in [0.1, 0.15) is 0 Å². The maximum atomic E-state index is 4.57. The summed E-state index contributed by atoms with van der Waals surface area (Å²) in [5.74, 6) is 0. The molecule has 1 aliphatic carbocycles. The Balaban J connectivity index is 1.91. The summed E-state index contributed by atoms with van der Waals surface area (Å²) in [7, 11) is 0. The molecule has 2 aromatic rings. The molecule has 1 aliphatic rings. The second kappa shape index (κ2) is 5.38. The average Bonchev–Trinajstić information content (AvgIpc) is 2.75. The zero-order valence-electron chi connectivity index (χ0n) is 10.8. The molecule has 0 radical (unpaired) electrons. The summed E-state index contributed by atoms with van der Waals surface area (Å²) in [5.41, 5.74) is 2.54. The van der Waals surface area contributed by atoms with E-state index in [0.717, 1.165) is 0 Å². The second-order valence-corrected chi connectivity index (χ2v) is 5.17. The molecule has 0 spiro atoms. The van der Waals surface area contributed by atoms with Crippen molar-refractivity contribution in [2.75, 3.05) is 0 Å². The largest absolute Gasteiger partial charge is 0.262 e. The predicted octanol–water partition coefficient (Wildman–Crippen LogP) is 4.45. The molecule has 0 aliphatic heterocycles. The molecule has 0 atom stereocenters. The van der Waals surface area contributed by atoms with E-state index in [1.165, 1.54) is 49.8 Å². The van der Waals surface area contributed by atoms with E-state index in [4.69, 9.17) is 0 Å². The fraction of sp³-hybridized carbons (Fsp3) is 0.438. The Hall–Kier alpha value is -1.57. The Labute approximate surface area is 109 Å². The van der Waals surface area contributed by atoms with Gasteiger partial charge in [0.25, 0.3) is 0 Å². The lowest BCUT2D eigenvalue weighted by molar-refractivity contribution is 0.409. The van der Waals surface area contributed by atoms with Crippen LogP contribution in [0.4, 0.5) is 0 Å². The van der Waals surface area contributed by atoms with Crippen molar-refractivity contribution in [2.45, 2.75) is 44.6 Å². The number of hydrogen-bond donors (Lipinski definition) is 0. The van der Waals surface area contributed by atoms with E-state index in [0.29, 0.717) is 6.04 Å². The molecule has 0 bridgehead atoms. The van der Waals surface area contributed by atoms with E-state index in [2.05, 4.69) is 46.2 Å². The van der Waals surface area contributed by atoms with Crippen LogP contribution < -0.4 is 0 Å². The summed E-state index contributed by atoms with van der Waals surface area (Å²) in [6.07, 6.45) is 9.96. The van der Waals surface area contributed by atoms with E-state index in [9.17, 15) is 0 Å². The Morgan fingerprint density at radius 1 is 0.889 bits per heavy atom. The van der Waals surface area contributed by atoms with Crippen LogP contribution in [-0.2, 0) is 0 Å². The number of rotatable bonds is 2. The predicted molar refractivity (Wildman–Crippen MR) is 74.4 cm³/mol. The molecule has 18 heavy (non-hydrogen) atoms. The van der Waals surface area contributed by atoms with Gasteiger partial charge in [0, 0.05) is 6.20 Å². The Morgan fingerprint density at radius 2 is 1.61 bits per heavy atom. The summed E-state index contributed by atoms with van der Waals surface area (Å²) in [6, 6.07) is 13.3. The molecule has 0 N–H and O–H groups in total. The summed E-state index contributed by atoms with van der Waals surface area (Å²) in [6.45, 7) is 0. The summed E-state index contributed by atoms with van der Waals surface area (Å²) < 4.78 is 2.25. The van der Waals surface area contributed by atoms with Crippen molar-refractivity contribution in [1.29, 1.82) is 0 Å². The third-order valence-electron chi connectivity index (χ3n) is 3.91. The average molecular weight is 240 g/mol. The van der Waals surface area contributed by atoms with Gasteiger partial charge >= 0.3 is 0 Å². The van der Waals surface area contributed by atoms with Crippen molar-refractivity contribution in [2.24, 2.45) is 0 Å². The molecule has 94 valence electrons. The van der Waals surface area contributed by atoms with Gasteiger partial charge in [0.05, 0.1) is 11.7 Å². The quantitative estimate of drug-likeness (QED) is 0.709. The molecule has 1 saturated carbocycles. The van der Waals surface area contributed by atoms with Gasteiger partial charge in [-0.2, -0.15) is 5.10 Å². The molecule has 0 saturated heterocycles. The van der Waals surface area contributed by atoms with Gasteiger partial charge in [-0.1, -0.05) is 56.0 Å². The number of nitrogens with zero attached hydrogens (tertiary/aromatic N) is 2. The molecule has 1 aromatic carbocycles. The van der Waals surface area contributed by atoms with E-state index in [1.54, 1.807) is 0 Å². The minimum Gasteiger partial charge on any atom is -0.262 e. The zero-order chi connectivity index (χ0) is 12.2. The highest BCUT2D eigenvalue weighted by molar-refractivity contribution is 5.59. The third kappa shape index (κ3) is 2.33. The molecule has 1 heterocycles. The fourth-order valence-corrected chi connectivity index (χ4v) is 2.95. The Kier molecular flexibility index (Phi) is 3.44. The monoisotopic (exact) mass is 240 g/mol. The molecule has 0 unspecified atom stereocenters. The van der Waals surface area contributed by atoms with Gasteiger partial charge < -0.3 is 0 Å². The molecular weight excluding hydrogens is 220 g/mol. The highest BCUT2D eigenvalue weighted by Crippen LogP contribution is 2.30. The van der Waals surface area contributed by atoms with E-state index >= 15 is 0 Å². The molecule has 1 aromatic heterocycles. The normalized spacial score (nSPS) is 17.6. The van der Waals surface area contributed by atoms with Crippen molar-refractivity contribution in [3.8, 4) is 11.3 Å². The lowest BCUT2D eigenvalue weighted by atomic mass is 10.1. The lowest BCUT2D eigenvalue weighted by Gasteiger charge is -2.18. The van der Waals surface area contributed by atoms with Gasteiger partial charge in [0.15, 0.2) is 0 Å². The Morgan fingerprint density at radius 3 is 2.33 bits per heavy atom. The summed E-state index contributed by atoms with van der Waals surface area (Å²) in [5, 5.41) is 4.57. The van der Waals surface area contributed by atoms with Gasteiger partial charge in [0.2, 0.25) is 0 Å². The number of benzene rings is 1. The van der Waals surface area contributed by atoms with E-state index in [-0.39, 0.29) is 0 Å². The first-order chi connectivity index (χ1) is 8.95. The van der Waals surface area contributed by atoms with Crippen LogP contribution in [0.3, 0.4) is 0 Å². The number of hydrogen-bond acceptors (Lipinski definition) is 1. The SMILES string of the molecule is c1ccc(-c2ccnn2C2CCCCCC2)cc1. The minimum atomic E-state index is 0.595. The van der Waals surface area contributed by atoms with Crippen LogP contribution in [0.25, 0.3) is 11.3 Å². The molecule has 2 nitrogen and oxygen atoms in total. The van der Waals surface area contributed by atoms with Crippen molar-refractivity contribution < 1.29 is 0 Å². The van der Waals surface area contributed by atoms with Crippen molar-refractivity contribution in [3.63, 3.8) is 0 Å². The van der Waals surface area contributed by atoms with E-state index < -0.39 is 0 Å². The van der Waals surface area contributed by atoms with Crippen molar-refractivity contribution >= 4 is 0 Å². The smallest absolute Gasteiger partial charge is 0.0685 e. The molecule has 0 amide bonds. The van der Waals surface area contributed by atoms with Crippen LogP contribution in [0, 0.1) is 0 Å². The van der Waals surface area contributed by atoms with Crippen molar-refractivity contribution in [1.82, 2.24) is 9.78 Å². The highest BCUT2D eigenvalue weighted by atomic mass is 15.3. The zero-order valence-corrected chi connectivity index (χ0v) is 10.8. The van der Waals surface area contributed by atoms with Crippen LogP contribution in [-0.4, -0.2) is 9.78 Å². The maximum absolute atomic E-state index is 4.57.